The van der Waals surface area contributed by atoms with Gasteiger partial charge in [-0.05, 0) is 53.6 Å². The maximum Gasteiger partial charge on any atom is 0.251 e. The van der Waals surface area contributed by atoms with E-state index in [9.17, 15) is 9.00 Å². The first-order valence-electron chi connectivity index (χ1n) is 5.56. The van der Waals surface area contributed by atoms with E-state index in [0.717, 1.165) is 16.4 Å². The average Bonchev–Trinajstić information content (AvgIpc) is 2.32. The summed E-state index contributed by atoms with van der Waals surface area (Å²) in [7, 11) is -0.676. The number of hydrogen-bond acceptors (Lipinski definition) is 2. The normalized spacial score (nSPS) is 24.3. The van der Waals surface area contributed by atoms with E-state index in [4.69, 9.17) is 0 Å². The molecule has 1 aliphatic heterocycles. The molecule has 3 nitrogen and oxygen atoms in total. The van der Waals surface area contributed by atoms with Crippen molar-refractivity contribution in [1.29, 1.82) is 0 Å². The lowest BCUT2D eigenvalue weighted by Crippen LogP contribution is -2.39. The number of carbonyl (C=O) groups excluding carboxylic acids is 1. The van der Waals surface area contributed by atoms with Crippen LogP contribution in [0.1, 0.15) is 23.2 Å². The largest absolute Gasteiger partial charge is 0.349 e. The van der Waals surface area contributed by atoms with Crippen molar-refractivity contribution in [3.63, 3.8) is 0 Å². The lowest BCUT2D eigenvalue weighted by atomic mass is 10.1. The van der Waals surface area contributed by atoms with E-state index >= 15 is 0 Å². The molecule has 1 aromatic carbocycles. The van der Waals surface area contributed by atoms with Crippen LogP contribution in [0.3, 0.4) is 0 Å². The van der Waals surface area contributed by atoms with Gasteiger partial charge in [-0.3, -0.25) is 9.00 Å². The van der Waals surface area contributed by atoms with Crippen LogP contribution in [0.15, 0.2) is 24.3 Å². The van der Waals surface area contributed by atoms with Crippen LogP contribution in [-0.2, 0) is 10.8 Å². The molecule has 0 saturated carbocycles. The Morgan fingerprint density at radius 3 is 2.71 bits per heavy atom. The average molecular weight is 363 g/mol. The molecule has 92 valence electrons. The molecule has 0 aliphatic carbocycles. The first-order chi connectivity index (χ1) is 8.15. The third-order valence-corrected chi connectivity index (χ3v) is 4.86. The van der Waals surface area contributed by atoms with E-state index in [1.54, 1.807) is 0 Å². The number of halogens is 1. The van der Waals surface area contributed by atoms with Crippen molar-refractivity contribution in [3.8, 4) is 0 Å². The molecule has 5 heteroatoms. The van der Waals surface area contributed by atoms with Gasteiger partial charge in [-0.25, -0.2) is 0 Å². The molecule has 0 aromatic heterocycles. The van der Waals surface area contributed by atoms with Crippen LogP contribution in [0, 0.1) is 3.57 Å². The molecule has 2 rings (SSSR count). The summed E-state index contributed by atoms with van der Waals surface area (Å²) < 4.78 is 12.3. The third-order valence-electron chi connectivity index (χ3n) is 2.81. The maximum atomic E-state index is 12.0. The Bertz CT molecular complexity index is 440. The first-order valence-corrected chi connectivity index (χ1v) is 8.13. The predicted molar refractivity (Wildman–Crippen MR) is 77.5 cm³/mol. The summed E-state index contributed by atoms with van der Waals surface area (Å²) in [5.74, 6) is 1.38. The fraction of sp³-hybridized carbons (Fsp3) is 0.417. The van der Waals surface area contributed by atoms with Crippen molar-refractivity contribution in [2.24, 2.45) is 0 Å². The van der Waals surface area contributed by atoms with Gasteiger partial charge in [0.25, 0.3) is 5.91 Å². The van der Waals surface area contributed by atoms with Crippen molar-refractivity contribution in [2.45, 2.75) is 18.9 Å². The zero-order valence-electron chi connectivity index (χ0n) is 9.32. The van der Waals surface area contributed by atoms with Gasteiger partial charge in [-0.1, -0.05) is 6.07 Å². The SMILES string of the molecule is O=C(NC1CCS(=O)CC1)c1cccc(I)c1. The fourth-order valence-corrected chi connectivity index (χ4v) is 3.68. The fourth-order valence-electron chi connectivity index (χ4n) is 1.84. The summed E-state index contributed by atoms with van der Waals surface area (Å²) in [6, 6.07) is 7.71. The minimum Gasteiger partial charge on any atom is -0.349 e. The van der Waals surface area contributed by atoms with Gasteiger partial charge in [0.1, 0.15) is 0 Å². The van der Waals surface area contributed by atoms with E-state index in [-0.39, 0.29) is 11.9 Å². The van der Waals surface area contributed by atoms with Crippen LogP contribution in [0.2, 0.25) is 0 Å². The molecule has 0 spiro atoms. The Kier molecular flexibility index (Phi) is 4.55. The van der Waals surface area contributed by atoms with E-state index < -0.39 is 10.8 Å². The third kappa shape index (κ3) is 3.77. The molecular formula is C12H14INO2S. The van der Waals surface area contributed by atoms with Crippen molar-refractivity contribution in [3.05, 3.63) is 33.4 Å². The topological polar surface area (TPSA) is 46.2 Å². The molecule has 0 unspecified atom stereocenters. The number of benzene rings is 1. The van der Waals surface area contributed by atoms with Crippen LogP contribution < -0.4 is 5.32 Å². The molecule has 0 radical (unpaired) electrons. The molecular weight excluding hydrogens is 349 g/mol. The van der Waals surface area contributed by atoms with Crippen LogP contribution in [0.4, 0.5) is 0 Å². The molecule has 1 fully saturated rings. The first kappa shape index (κ1) is 13.0. The second-order valence-electron chi connectivity index (χ2n) is 4.11. The predicted octanol–water partition coefficient (Wildman–Crippen LogP) is 1.93. The van der Waals surface area contributed by atoms with Crippen LogP contribution in [0.5, 0.6) is 0 Å². The van der Waals surface area contributed by atoms with E-state index in [0.29, 0.717) is 17.1 Å². The second kappa shape index (κ2) is 5.95. The summed E-state index contributed by atoms with van der Waals surface area (Å²) in [5, 5.41) is 3.01. The van der Waals surface area contributed by atoms with Crippen LogP contribution >= 0.6 is 22.6 Å². The van der Waals surface area contributed by atoms with Crippen LogP contribution in [-0.4, -0.2) is 27.7 Å². The molecule has 1 aliphatic rings. The summed E-state index contributed by atoms with van der Waals surface area (Å²) in [6.07, 6.45) is 1.64. The molecule has 1 N–H and O–H groups in total. The Hall–Kier alpha value is -0.430. The standard InChI is InChI=1S/C12H14INO2S/c13-10-3-1-2-9(8-10)12(15)14-11-4-6-17(16)7-5-11/h1-3,8,11H,4-7H2,(H,14,15). The zero-order chi connectivity index (χ0) is 12.3. The van der Waals surface area contributed by atoms with Gasteiger partial charge >= 0.3 is 0 Å². The Labute approximate surface area is 117 Å². The van der Waals surface area contributed by atoms with E-state index in [1.807, 2.05) is 24.3 Å². The summed E-state index contributed by atoms with van der Waals surface area (Å²) in [4.78, 5) is 12.0. The quantitative estimate of drug-likeness (QED) is 0.817. The van der Waals surface area contributed by atoms with Gasteiger partial charge in [0.2, 0.25) is 0 Å². The molecule has 17 heavy (non-hydrogen) atoms. The van der Waals surface area contributed by atoms with E-state index in [1.165, 1.54) is 0 Å². The molecule has 1 aromatic rings. The molecule has 1 saturated heterocycles. The second-order valence-corrected chi connectivity index (χ2v) is 7.05. The van der Waals surface area contributed by atoms with Crippen LogP contribution in [0.25, 0.3) is 0 Å². The van der Waals surface area contributed by atoms with Crippen molar-refractivity contribution >= 4 is 39.3 Å². The highest BCUT2D eigenvalue weighted by molar-refractivity contribution is 14.1. The van der Waals surface area contributed by atoms with Gasteiger partial charge in [0, 0.05) is 37.5 Å². The highest BCUT2D eigenvalue weighted by Gasteiger charge is 2.19. The summed E-state index contributed by atoms with van der Waals surface area (Å²) >= 11 is 2.19. The Morgan fingerprint density at radius 1 is 1.35 bits per heavy atom. The van der Waals surface area contributed by atoms with E-state index in [2.05, 4.69) is 27.9 Å². The smallest absolute Gasteiger partial charge is 0.251 e. The highest BCUT2D eigenvalue weighted by Crippen LogP contribution is 2.12. The van der Waals surface area contributed by atoms with Gasteiger partial charge in [-0.15, -0.1) is 0 Å². The Balaban J connectivity index is 1.95. The van der Waals surface area contributed by atoms with Gasteiger partial charge in [-0.2, -0.15) is 0 Å². The summed E-state index contributed by atoms with van der Waals surface area (Å²) in [5.41, 5.74) is 0.698. The van der Waals surface area contributed by atoms with Gasteiger partial charge < -0.3 is 5.32 Å². The minimum absolute atomic E-state index is 0.0267. The molecule has 0 bridgehead atoms. The molecule has 0 atom stereocenters. The number of carbonyl (C=O) groups is 1. The number of hydrogen-bond donors (Lipinski definition) is 1. The van der Waals surface area contributed by atoms with Gasteiger partial charge in [0.15, 0.2) is 0 Å². The maximum absolute atomic E-state index is 12.0. The lowest BCUT2D eigenvalue weighted by molar-refractivity contribution is 0.0934. The Morgan fingerprint density at radius 2 is 2.06 bits per heavy atom. The van der Waals surface area contributed by atoms with Gasteiger partial charge in [0.05, 0.1) is 0 Å². The number of amides is 1. The monoisotopic (exact) mass is 363 g/mol. The number of rotatable bonds is 2. The molecule has 1 heterocycles. The number of nitrogens with one attached hydrogen (secondary N) is 1. The van der Waals surface area contributed by atoms with Crippen molar-refractivity contribution < 1.29 is 9.00 Å². The van der Waals surface area contributed by atoms with Crippen molar-refractivity contribution in [1.82, 2.24) is 5.32 Å². The molecule has 1 amide bonds. The highest BCUT2D eigenvalue weighted by atomic mass is 127. The minimum atomic E-state index is -0.676. The van der Waals surface area contributed by atoms with Crippen molar-refractivity contribution in [2.75, 3.05) is 11.5 Å². The zero-order valence-corrected chi connectivity index (χ0v) is 12.3. The summed E-state index contributed by atoms with van der Waals surface area (Å²) in [6.45, 7) is 0. The lowest BCUT2D eigenvalue weighted by Gasteiger charge is -2.22.